The molecule has 0 amide bonds. The second-order valence-electron chi connectivity index (χ2n) is 4.64. The van der Waals surface area contributed by atoms with Gasteiger partial charge in [-0.15, -0.1) is 0 Å². The highest BCUT2D eigenvalue weighted by Crippen LogP contribution is 2.30. The van der Waals surface area contributed by atoms with Crippen LogP contribution in [0.5, 0.6) is 11.5 Å². The minimum Gasteiger partial charge on any atom is -0.493 e. The average molecular weight is 283 g/mol. The van der Waals surface area contributed by atoms with E-state index in [2.05, 4.69) is 0 Å². The lowest BCUT2D eigenvalue weighted by atomic mass is 10.1. The summed E-state index contributed by atoms with van der Waals surface area (Å²) in [6.07, 6.45) is 0. The van der Waals surface area contributed by atoms with E-state index in [-0.39, 0.29) is 0 Å². The molecule has 0 fully saturated rings. The zero-order chi connectivity index (χ0) is 14.7. The molecule has 0 unspecified atom stereocenters. The number of nitrogens with two attached hydrogens (primary N) is 1. The van der Waals surface area contributed by atoms with Crippen molar-refractivity contribution >= 4 is 11.0 Å². The summed E-state index contributed by atoms with van der Waals surface area (Å²) >= 11 is 0. The van der Waals surface area contributed by atoms with Crippen LogP contribution in [-0.2, 0) is 13.2 Å². The van der Waals surface area contributed by atoms with Crippen LogP contribution in [0.3, 0.4) is 0 Å². The molecular formula is C17H17NO3. The standard InChI is InChI=1S/C17H17NO3/c1-19-15-8-4-5-9-16(15)20-11-13-12-6-2-3-7-14(12)21-17(13)10-18/h2-9H,10-11,18H2,1H3. The largest absolute Gasteiger partial charge is 0.493 e. The Balaban J connectivity index is 1.91. The van der Waals surface area contributed by atoms with Gasteiger partial charge in [0.05, 0.1) is 13.7 Å². The zero-order valence-corrected chi connectivity index (χ0v) is 11.8. The average Bonchev–Trinajstić information content (AvgIpc) is 2.91. The van der Waals surface area contributed by atoms with E-state index < -0.39 is 0 Å². The number of methoxy groups -OCH3 is 1. The molecule has 0 aliphatic rings. The Labute approximate surface area is 123 Å². The monoisotopic (exact) mass is 283 g/mol. The van der Waals surface area contributed by atoms with Gasteiger partial charge in [-0.3, -0.25) is 0 Å². The number of benzene rings is 2. The highest BCUT2D eigenvalue weighted by atomic mass is 16.5. The smallest absolute Gasteiger partial charge is 0.161 e. The first-order chi connectivity index (χ1) is 10.3. The third-order valence-corrected chi connectivity index (χ3v) is 3.41. The van der Waals surface area contributed by atoms with Crippen molar-refractivity contribution in [1.82, 2.24) is 0 Å². The van der Waals surface area contributed by atoms with E-state index in [4.69, 9.17) is 19.6 Å². The van der Waals surface area contributed by atoms with Crippen molar-refractivity contribution in [2.45, 2.75) is 13.2 Å². The van der Waals surface area contributed by atoms with Crippen LogP contribution in [0.1, 0.15) is 11.3 Å². The molecule has 1 heterocycles. The fourth-order valence-corrected chi connectivity index (χ4v) is 2.36. The number of fused-ring (bicyclic) bond motifs is 1. The molecule has 2 N–H and O–H groups in total. The lowest BCUT2D eigenvalue weighted by Crippen LogP contribution is -2.03. The molecule has 0 atom stereocenters. The van der Waals surface area contributed by atoms with Gasteiger partial charge in [0, 0.05) is 10.9 Å². The molecule has 0 bridgehead atoms. The van der Waals surface area contributed by atoms with Crippen LogP contribution >= 0.6 is 0 Å². The number of ether oxygens (including phenoxy) is 2. The second kappa shape index (κ2) is 5.89. The van der Waals surface area contributed by atoms with Crippen molar-refractivity contribution in [1.29, 1.82) is 0 Å². The molecule has 4 nitrogen and oxygen atoms in total. The van der Waals surface area contributed by atoms with Crippen LogP contribution in [0, 0.1) is 0 Å². The fraction of sp³-hybridized carbons (Fsp3) is 0.176. The van der Waals surface area contributed by atoms with Crippen molar-refractivity contribution < 1.29 is 13.9 Å². The van der Waals surface area contributed by atoms with E-state index in [0.29, 0.717) is 24.7 Å². The predicted molar refractivity (Wildman–Crippen MR) is 81.4 cm³/mol. The molecule has 0 spiro atoms. The fourth-order valence-electron chi connectivity index (χ4n) is 2.36. The molecule has 0 saturated carbocycles. The van der Waals surface area contributed by atoms with E-state index in [1.165, 1.54) is 0 Å². The number of furan rings is 1. The Bertz CT molecular complexity index is 749. The maximum absolute atomic E-state index is 5.88. The highest BCUT2D eigenvalue weighted by Gasteiger charge is 2.14. The van der Waals surface area contributed by atoms with E-state index in [1.807, 2.05) is 48.5 Å². The van der Waals surface area contributed by atoms with Gasteiger partial charge in [0.1, 0.15) is 18.0 Å². The molecule has 0 aliphatic heterocycles. The minimum absolute atomic E-state index is 0.347. The summed E-state index contributed by atoms with van der Waals surface area (Å²) in [5.74, 6) is 2.17. The quantitative estimate of drug-likeness (QED) is 0.779. The Kier molecular flexibility index (Phi) is 3.79. The molecular weight excluding hydrogens is 266 g/mol. The Morgan fingerprint density at radius 2 is 1.71 bits per heavy atom. The maximum Gasteiger partial charge on any atom is 0.161 e. The summed E-state index contributed by atoms with van der Waals surface area (Å²) in [5.41, 5.74) is 7.58. The van der Waals surface area contributed by atoms with Crippen LogP contribution in [0.25, 0.3) is 11.0 Å². The number of para-hydroxylation sites is 3. The van der Waals surface area contributed by atoms with E-state index >= 15 is 0 Å². The molecule has 0 radical (unpaired) electrons. The van der Waals surface area contributed by atoms with Crippen LogP contribution in [-0.4, -0.2) is 7.11 Å². The molecule has 4 heteroatoms. The Morgan fingerprint density at radius 1 is 1.00 bits per heavy atom. The predicted octanol–water partition coefficient (Wildman–Crippen LogP) is 3.48. The minimum atomic E-state index is 0.347. The SMILES string of the molecule is COc1ccccc1OCc1c(CN)oc2ccccc12. The second-order valence-corrected chi connectivity index (χ2v) is 4.64. The number of rotatable bonds is 5. The molecule has 3 aromatic rings. The Hall–Kier alpha value is -2.46. The third-order valence-electron chi connectivity index (χ3n) is 3.41. The lowest BCUT2D eigenvalue weighted by Gasteiger charge is -2.10. The van der Waals surface area contributed by atoms with Gasteiger partial charge in [0.15, 0.2) is 11.5 Å². The number of hydrogen-bond acceptors (Lipinski definition) is 4. The maximum atomic E-state index is 5.88. The molecule has 0 saturated heterocycles. The first kappa shape index (κ1) is 13.5. The Morgan fingerprint density at radius 3 is 2.48 bits per heavy atom. The molecule has 1 aromatic heterocycles. The van der Waals surface area contributed by atoms with Crippen molar-refractivity contribution in [2.24, 2.45) is 5.73 Å². The summed E-state index contributed by atoms with van der Waals surface area (Å²) in [6.45, 7) is 0.739. The van der Waals surface area contributed by atoms with Gasteiger partial charge < -0.3 is 19.6 Å². The van der Waals surface area contributed by atoms with Gasteiger partial charge in [-0.1, -0.05) is 30.3 Å². The van der Waals surface area contributed by atoms with Crippen LogP contribution < -0.4 is 15.2 Å². The van der Waals surface area contributed by atoms with E-state index in [0.717, 1.165) is 22.3 Å². The summed E-state index contributed by atoms with van der Waals surface area (Å²) in [7, 11) is 1.63. The van der Waals surface area contributed by atoms with Crippen molar-refractivity contribution in [2.75, 3.05) is 7.11 Å². The van der Waals surface area contributed by atoms with Gasteiger partial charge in [-0.05, 0) is 18.2 Å². The lowest BCUT2D eigenvalue weighted by molar-refractivity contribution is 0.282. The van der Waals surface area contributed by atoms with Gasteiger partial charge in [0.2, 0.25) is 0 Å². The molecule has 21 heavy (non-hydrogen) atoms. The van der Waals surface area contributed by atoms with Gasteiger partial charge >= 0.3 is 0 Å². The van der Waals surface area contributed by atoms with Crippen LogP contribution in [0.2, 0.25) is 0 Å². The van der Waals surface area contributed by atoms with Crippen LogP contribution in [0.15, 0.2) is 52.9 Å². The van der Waals surface area contributed by atoms with Crippen molar-refractivity contribution in [3.63, 3.8) is 0 Å². The van der Waals surface area contributed by atoms with Gasteiger partial charge in [-0.25, -0.2) is 0 Å². The summed E-state index contributed by atoms with van der Waals surface area (Å²) < 4.78 is 16.9. The summed E-state index contributed by atoms with van der Waals surface area (Å²) in [6, 6.07) is 15.4. The highest BCUT2D eigenvalue weighted by molar-refractivity contribution is 5.82. The van der Waals surface area contributed by atoms with E-state index in [9.17, 15) is 0 Å². The van der Waals surface area contributed by atoms with E-state index in [1.54, 1.807) is 7.11 Å². The zero-order valence-electron chi connectivity index (χ0n) is 11.8. The first-order valence-electron chi connectivity index (χ1n) is 6.78. The molecule has 0 aliphatic carbocycles. The number of hydrogen-bond donors (Lipinski definition) is 1. The normalized spacial score (nSPS) is 10.8. The van der Waals surface area contributed by atoms with Crippen molar-refractivity contribution in [3.05, 3.63) is 59.9 Å². The molecule has 2 aromatic carbocycles. The van der Waals surface area contributed by atoms with Gasteiger partial charge in [0.25, 0.3) is 0 Å². The van der Waals surface area contributed by atoms with Crippen molar-refractivity contribution in [3.8, 4) is 11.5 Å². The topological polar surface area (TPSA) is 57.6 Å². The van der Waals surface area contributed by atoms with Gasteiger partial charge in [-0.2, -0.15) is 0 Å². The molecule has 108 valence electrons. The first-order valence-corrected chi connectivity index (χ1v) is 6.78. The van der Waals surface area contributed by atoms with Crippen LogP contribution in [0.4, 0.5) is 0 Å². The third kappa shape index (κ3) is 2.58. The summed E-state index contributed by atoms with van der Waals surface area (Å²) in [5, 5.41) is 1.04. The molecule has 3 rings (SSSR count). The summed E-state index contributed by atoms with van der Waals surface area (Å²) in [4.78, 5) is 0.